The van der Waals surface area contributed by atoms with Crippen molar-refractivity contribution >= 4 is 17.5 Å². The van der Waals surface area contributed by atoms with Crippen LogP contribution in [0.25, 0.3) is 5.65 Å². The minimum Gasteiger partial charge on any atom is -0.356 e. The van der Waals surface area contributed by atoms with Gasteiger partial charge >= 0.3 is 0 Å². The zero-order chi connectivity index (χ0) is 14.7. The van der Waals surface area contributed by atoms with Gasteiger partial charge in [0.2, 0.25) is 11.8 Å². The number of nitrogens with zero attached hydrogens (tertiary/aromatic N) is 2. The van der Waals surface area contributed by atoms with Gasteiger partial charge in [-0.1, -0.05) is 6.07 Å². The summed E-state index contributed by atoms with van der Waals surface area (Å²) >= 11 is 0. The minimum absolute atomic E-state index is 0.0337. The third kappa shape index (κ3) is 3.21. The van der Waals surface area contributed by atoms with Crippen LogP contribution >= 0.6 is 0 Å². The van der Waals surface area contributed by atoms with Crippen LogP contribution in [0.2, 0.25) is 0 Å². The standard InChI is InChI=1S/C15H18N4O2/c20-14-9-11(4-6-16-14)15(21)17-7-5-12-10-19-8-2-1-3-13(19)18-12/h1-3,8,10-11H,4-7,9H2,(H,16,20)(H,17,21). The number of piperidine rings is 1. The summed E-state index contributed by atoms with van der Waals surface area (Å²) in [5.41, 5.74) is 1.85. The van der Waals surface area contributed by atoms with Gasteiger partial charge in [-0.3, -0.25) is 9.59 Å². The van der Waals surface area contributed by atoms with Gasteiger partial charge in [-0.2, -0.15) is 0 Å². The molecule has 0 aromatic carbocycles. The van der Waals surface area contributed by atoms with E-state index in [4.69, 9.17) is 0 Å². The van der Waals surface area contributed by atoms with Gasteiger partial charge in [0.1, 0.15) is 5.65 Å². The second kappa shape index (κ2) is 5.95. The van der Waals surface area contributed by atoms with Gasteiger partial charge in [-0.25, -0.2) is 4.98 Å². The number of carbonyl (C=O) groups is 2. The summed E-state index contributed by atoms with van der Waals surface area (Å²) in [5, 5.41) is 5.63. The Balaban J connectivity index is 1.51. The second-order valence-electron chi connectivity index (χ2n) is 5.28. The molecule has 110 valence electrons. The van der Waals surface area contributed by atoms with Crippen LogP contribution < -0.4 is 10.6 Å². The van der Waals surface area contributed by atoms with E-state index in [0.717, 1.165) is 11.3 Å². The van der Waals surface area contributed by atoms with Crippen molar-refractivity contribution in [1.82, 2.24) is 20.0 Å². The smallest absolute Gasteiger partial charge is 0.223 e. The normalized spacial score (nSPS) is 18.5. The van der Waals surface area contributed by atoms with Gasteiger partial charge in [0, 0.05) is 44.2 Å². The van der Waals surface area contributed by atoms with Gasteiger partial charge in [0.05, 0.1) is 5.69 Å². The molecule has 1 unspecified atom stereocenters. The molecular formula is C15H18N4O2. The molecule has 0 spiro atoms. The van der Waals surface area contributed by atoms with Crippen LogP contribution in [-0.4, -0.2) is 34.3 Å². The Bertz CT molecular complexity index is 631. The lowest BCUT2D eigenvalue weighted by atomic mass is 9.97. The molecule has 21 heavy (non-hydrogen) atoms. The predicted molar refractivity (Wildman–Crippen MR) is 77.6 cm³/mol. The molecular weight excluding hydrogens is 268 g/mol. The molecule has 0 saturated carbocycles. The van der Waals surface area contributed by atoms with Crippen molar-refractivity contribution in [2.24, 2.45) is 5.92 Å². The number of aromatic nitrogens is 2. The summed E-state index contributed by atoms with van der Waals surface area (Å²) < 4.78 is 1.96. The van der Waals surface area contributed by atoms with Crippen molar-refractivity contribution in [2.75, 3.05) is 13.1 Å². The first kappa shape index (κ1) is 13.6. The molecule has 6 heteroatoms. The first-order valence-corrected chi connectivity index (χ1v) is 7.19. The highest BCUT2D eigenvalue weighted by Crippen LogP contribution is 2.12. The van der Waals surface area contributed by atoms with Crippen molar-refractivity contribution in [1.29, 1.82) is 0 Å². The molecule has 2 N–H and O–H groups in total. The lowest BCUT2D eigenvalue weighted by Crippen LogP contribution is -2.41. The molecule has 3 rings (SSSR count). The van der Waals surface area contributed by atoms with Crippen LogP contribution in [0.4, 0.5) is 0 Å². The Labute approximate surface area is 122 Å². The summed E-state index contributed by atoms with van der Waals surface area (Å²) in [5.74, 6) is -0.268. The van der Waals surface area contributed by atoms with E-state index in [-0.39, 0.29) is 17.7 Å². The number of hydrogen-bond donors (Lipinski definition) is 2. The Hall–Kier alpha value is -2.37. The number of amides is 2. The number of nitrogens with one attached hydrogen (secondary N) is 2. The molecule has 2 aromatic heterocycles. The summed E-state index contributed by atoms with van der Waals surface area (Å²) in [6, 6.07) is 5.85. The average molecular weight is 286 g/mol. The highest BCUT2D eigenvalue weighted by molar-refractivity contribution is 5.86. The summed E-state index contributed by atoms with van der Waals surface area (Å²) in [6.07, 6.45) is 5.61. The maximum atomic E-state index is 12.0. The molecule has 1 fully saturated rings. The van der Waals surface area contributed by atoms with E-state index in [2.05, 4.69) is 15.6 Å². The average Bonchev–Trinajstić information content (AvgIpc) is 2.89. The highest BCUT2D eigenvalue weighted by atomic mass is 16.2. The molecule has 1 atom stereocenters. The van der Waals surface area contributed by atoms with Gasteiger partial charge < -0.3 is 15.0 Å². The van der Waals surface area contributed by atoms with E-state index in [9.17, 15) is 9.59 Å². The molecule has 3 heterocycles. The summed E-state index contributed by atoms with van der Waals surface area (Å²) in [4.78, 5) is 27.7. The van der Waals surface area contributed by atoms with E-state index >= 15 is 0 Å². The highest BCUT2D eigenvalue weighted by Gasteiger charge is 2.24. The number of carbonyl (C=O) groups excluding carboxylic acids is 2. The summed E-state index contributed by atoms with van der Waals surface area (Å²) in [6.45, 7) is 1.13. The Morgan fingerprint density at radius 2 is 2.38 bits per heavy atom. The van der Waals surface area contributed by atoms with Crippen molar-refractivity contribution < 1.29 is 9.59 Å². The predicted octanol–water partition coefficient (Wildman–Crippen LogP) is 0.519. The van der Waals surface area contributed by atoms with Crippen LogP contribution in [-0.2, 0) is 16.0 Å². The lowest BCUT2D eigenvalue weighted by Gasteiger charge is -2.21. The molecule has 1 aliphatic heterocycles. The van der Waals surface area contributed by atoms with Crippen molar-refractivity contribution in [3.8, 4) is 0 Å². The molecule has 2 amide bonds. The molecule has 0 bridgehead atoms. The molecule has 1 aliphatic rings. The first-order valence-electron chi connectivity index (χ1n) is 7.19. The van der Waals surface area contributed by atoms with Crippen LogP contribution in [0.5, 0.6) is 0 Å². The maximum absolute atomic E-state index is 12.0. The van der Waals surface area contributed by atoms with Crippen molar-refractivity contribution in [2.45, 2.75) is 19.3 Å². The quantitative estimate of drug-likeness (QED) is 0.860. The van der Waals surface area contributed by atoms with E-state index in [1.165, 1.54) is 0 Å². The first-order chi connectivity index (χ1) is 10.2. The Morgan fingerprint density at radius 3 is 3.19 bits per heavy atom. The maximum Gasteiger partial charge on any atom is 0.223 e. The van der Waals surface area contributed by atoms with Gasteiger partial charge in [0.25, 0.3) is 0 Å². The molecule has 2 aromatic rings. The summed E-state index contributed by atoms with van der Waals surface area (Å²) in [7, 11) is 0. The lowest BCUT2D eigenvalue weighted by molar-refractivity contribution is -0.132. The fourth-order valence-electron chi connectivity index (χ4n) is 2.57. The third-order valence-corrected chi connectivity index (χ3v) is 3.71. The van der Waals surface area contributed by atoms with Gasteiger partial charge in [-0.15, -0.1) is 0 Å². The van der Waals surface area contributed by atoms with Crippen molar-refractivity contribution in [3.63, 3.8) is 0 Å². The number of imidazole rings is 1. The van der Waals surface area contributed by atoms with Crippen LogP contribution in [0.1, 0.15) is 18.5 Å². The van der Waals surface area contributed by atoms with E-state index in [1.807, 2.05) is 35.0 Å². The number of hydrogen-bond acceptors (Lipinski definition) is 3. The number of pyridine rings is 1. The topological polar surface area (TPSA) is 75.5 Å². The molecule has 0 radical (unpaired) electrons. The molecule has 0 aliphatic carbocycles. The SMILES string of the molecule is O=C1CC(C(=O)NCCc2cn3ccccc3n2)CCN1. The van der Waals surface area contributed by atoms with Crippen LogP contribution in [0.3, 0.4) is 0 Å². The van der Waals surface area contributed by atoms with Gasteiger partial charge in [0.15, 0.2) is 0 Å². The third-order valence-electron chi connectivity index (χ3n) is 3.71. The van der Waals surface area contributed by atoms with E-state index < -0.39 is 0 Å². The zero-order valence-electron chi connectivity index (χ0n) is 11.7. The van der Waals surface area contributed by atoms with Gasteiger partial charge in [-0.05, 0) is 18.6 Å². The fourth-order valence-corrected chi connectivity index (χ4v) is 2.57. The molecule has 6 nitrogen and oxygen atoms in total. The Morgan fingerprint density at radius 1 is 1.48 bits per heavy atom. The van der Waals surface area contributed by atoms with Crippen LogP contribution in [0, 0.1) is 5.92 Å². The van der Waals surface area contributed by atoms with E-state index in [0.29, 0.717) is 32.4 Å². The number of rotatable bonds is 4. The van der Waals surface area contributed by atoms with E-state index in [1.54, 1.807) is 0 Å². The monoisotopic (exact) mass is 286 g/mol. The fraction of sp³-hybridized carbons (Fsp3) is 0.400. The van der Waals surface area contributed by atoms with Crippen LogP contribution in [0.15, 0.2) is 30.6 Å². The number of fused-ring (bicyclic) bond motifs is 1. The largest absolute Gasteiger partial charge is 0.356 e. The van der Waals surface area contributed by atoms with Crippen molar-refractivity contribution in [3.05, 3.63) is 36.3 Å². The minimum atomic E-state index is -0.195. The zero-order valence-corrected chi connectivity index (χ0v) is 11.7. The second-order valence-corrected chi connectivity index (χ2v) is 5.28. The Kier molecular flexibility index (Phi) is 3.85. The molecule has 1 saturated heterocycles.